The fraction of sp³-hybridized carbons (Fsp3) is 0.643. The summed E-state index contributed by atoms with van der Waals surface area (Å²) >= 11 is 0. The third-order valence-corrected chi connectivity index (χ3v) is 2.82. The highest BCUT2D eigenvalue weighted by Gasteiger charge is 2.07. The van der Waals surface area contributed by atoms with Crippen LogP contribution in [-0.4, -0.2) is 69.2 Å². The van der Waals surface area contributed by atoms with Crippen molar-refractivity contribution in [1.29, 1.82) is 0 Å². The Morgan fingerprint density at radius 2 is 1.61 bits per heavy atom. The molecule has 0 fully saturated rings. The van der Waals surface area contributed by atoms with E-state index >= 15 is 0 Å². The van der Waals surface area contributed by atoms with E-state index in [4.69, 9.17) is 0 Å². The lowest BCUT2D eigenvalue weighted by atomic mass is 10.3. The summed E-state index contributed by atoms with van der Waals surface area (Å²) in [7, 11) is 8.45. The molecule has 0 N–H and O–H groups in total. The average Bonchev–Trinajstić information content (AvgIpc) is 2.34. The molecule has 0 saturated carbocycles. The minimum atomic E-state index is 1.03. The van der Waals surface area contributed by atoms with Crippen molar-refractivity contribution in [3.8, 4) is 0 Å². The molecule has 0 aromatic carbocycles. The van der Waals surface area contributed by atoms with Gasteiger partial charge in [-0.2, -0.15) is 0 Å². The van der Waals surface area contributed by atoms with Gasteiger partial charge in [-0.05, 0) is 53.3 Å². The molecular formula is C14H26N4. The van der Waals surface area contributed by atoms with E-state index in [1.807, 2.05) is 12.3 Å². The zero-order valence-corrected chi connectivity index (χ0v) is 12.1. The van der Waals surface area contributed by atoms with E-state index in [2.05, 4.69) is 60.0 Å². The van der Waals surface area contributed by atoms with Crippen LogP contribution in [0.15, 0.2) is 24.4 Å². The third kappa shape index (κ3) is 5.98. The predicted molar refractivity (Wildman–Crippen MR) is 78.2 cm³/mol. The molecule has 0 unspecified atom stereocenters. The smallest absolute Gasteiger partial charge is 0.128 e. The Bertz CT molecular complexity index is 311. The van der Waals surface area contributed by atoms with Gasteiger partial charge in [0.1, 0.15) is 5.82 Å². The van der Waals surface area contributed by atoms with Crippen molar-refractivity contribution in [1.82, 2.24) is 14.8 Å². The number of aromatic nitrogens is 1. The van der Waals surface area contributed by atoms with Gasteiger partial charge in [-0.1, -0.05) is 6.07 Å². The summed E-state index contributed by atoms with van der Waals surface area (Å²) in [6.07, 6.45) is 3.03. The summed E-state index contributed by atoms with van der Waals surface area (Å²) in [5.74, 6) is 1.08. The highest BCUT2D eigenvalue weighted by atomic mass is 15.2. The zero-order valence-electron chi connectivity index (χ0n) is 12.1. The molecule has 1 rings (SSSR count). The van der Waals surface area contributed by atoms with Crippen molar-refractivity contribution < 1.29 is 0 Å². The van der Waals surface area contributed by atoms with Crippen LogP contribution in [0, 0.1) is 0 Å². The van der Waals surface area contributed by atoms with Gasteiger partial charge in [0, 0.05) is 25.8 Å². The first-order valence-corrected chi connectivity index (χ1v) is 6.55. The number of hydrogen-bond donors (Lipinski definition) is 0. The van der Waals surface area contributed by atoms with E-state index < -0.39 is 0 Å². The van der Waals surface area contributed by atoms with Crippen LogP contribution in [0.3, 0.4) is 0 Å². The lowest BCUT2D eigenvalue weighted by Gasteiger charge is -2.26. The second kappa shape index (κ2) is 8.06. The highest BCUT2D eigenvalue weighted by Crippen LogP contribution is 2.09. The molecule has 4 heteroatoms. The number of likely N-dealkylation sites (N-methyl/N-ethyl adjacent to an activating group) is 1. The summed E-state index contributed by atoms with van der Waals surface area (Å²) in [5, 5.41) is 0. The Morgan fingerprint density at radius 1 is 0.889 bits per heavy atom. The van der Waals surface area contributed by atoms with Crippen molar-refractivity contribution in [2.45, 2.75) is 6.42 Å². The van der Waals surface area contributed by atoms with Crippen LogP contribution >= 0.6 is 0 Å². The van der Waals surface area contributed by atoms with Gasteiger partial charge in [0.25, 0.3) is 0 Å². The van der Waals surface area contributed by atoms with Gasteiger partial charge in [-0.3, -0.25) is 0 Å². The van der Waals surface area contributed by atoms with E-state index in [1.54, 1.807) is 0 Å². The number of hydrogen-bond acceptors (Lipinski definition) is 4. The molecular weight excluding hydrogens is 224 g/mol. The standard InChI is InChI=1S/C14H26N4/c1-16(2)10-7-11-18(13-12-17(3)4)14-8-5-6-9-15-14/h5-6,8-9H,7,10-13H2,1-4H3. The van der Waals surface area contributed by atoms with Crippen molar-refractivity contribution in [3.05, 3.63) is 24.4 Å². The van der Waals surface area contributed by atoms with E-state index in [-0.39, 0.29) is 0 Å². The molecule has 4 nitrogen and oxygen atoms in total. The highest BCUT2D eigenvalue weighted by molar-refractivity contribution is 5.37. The first-order chi connectivity index (χ1) is 8.59. The Morgan fingerprint density at radius 3 is 2.17 bits per heavy atom. The minimum Gasteiger partial charge on any atom is -0.355 e. The molecule has 0 atom stereocenters. The first kappa shape index (κ1) is 14.9. The maximum absolute atomic E-state index is 4.45. The molecule has 0 saturated heterocycles. The zero-order chi connectivity index (χ0) is 13.4. The van der Waals surface area contributed by atoms with Crippen LogP contribution in [0.5, 0.6) is 0 Å². The summed E-state index contributed by atoms with van der Waals surface area (Å²) in [6.45, 7) is 4.25. The van der Waals surface area contributed by atoms with Gasteiger partial charge in [-0.15, -0.1) is 0 Å². The lowest BCUT2D eigenvalue weighted by Crippen LogP contribution is -2.34. The van der Waals surface area contributed by atoms with Gasteiger partial charge in [0.05, 0.1) is 0 Å². The molecule has 0 bridgehead atoms. The van der Waals surface area contributed by atoms with E-state index in [0.717, 1.165) is 38.4 Å². The maximum atomic E-state index is 4.45. The van der Waals surface area contributed by atoms with Crippen molar-refractivity contribution in [2.75, 3.05) is 59.3 Å². The number of pyridine rings is 1. The van der Waals surface area contributed by atoms with Crippen molar-refractivity contribution in [2.24, 2.45) is 0 Å². The quantitative estimate of drug-likeness (QED) is 0.695. The molecule has 0 spiro atoms. The Balaban J connectivity index is 2.52. The van der Waals surface area contributed by atoms with Gasteiger partial charge < -0.3 is 14.7 Å². The second-order valence-corrected chi connectivity index (χ2v) is 5.14. The normalized spacial score (nSPS) is 11.2. The predicted octanol–water partition coefficient (Wildman–Crippen LogP) is 1.40. The Kier molecular flexibility index (Phi) is 6.68. The molecule has 0 amide bonds. The van der Waals surface area contributed by atoms with Crippen molar-refractivity contribution in [3.63, 3.8) is 0 Å². The summed E-state index contributed by atoms with van der Waals surface area (Å²) < 4.78 is 0. The SMILES string of the molecule is CN(C)CCCN(CCN(C)C)c1ccccn1. The largest absolute Gasteiger partial charge is 0.355 e. The maximum Gasteiger partial charge on any atom is 0.128 e. The summed E-state index contributed by atoms with van der Waals surface area (Å²) in [4.78, 5) is 11.2. The van der Waals surface area contributed by atoms with Crippen LogP contribution in [0.2, 0.25) is 0 Å². The fourth-order valence-corrected chi connectivity index (χ4v) is 1.78. The third-order valence-electron chi connectivity index (χ3n) is 2.82. The first-order valence-electron chi connectivity index (χ1n) is 6.55. The second-order valence-electron chi connectivity index (χ2n) is 5.14. The molecule has 0 aliphatic rings. The van der Waals surface area contributed by atoms with Gasteiger partial charge in [-0.25, -0.2) is 4.98 Å². The minimum absolute atomic E-state index is 1.03. The molecule has 0 radical (unpaired) electrons. The van der Waals surface area contributed by atoms with Crippen LogP contribution in [-0.2, 0) is 0 Å². The van der Waals surface area contributed by atoms with E-state index in [9.17, 15) is 0 Å². The fourth-order valence-electron chi connectivity index (χ4n) is 1.78. The monoisotopic (exact) mass is 250 g/mol. The molecule has 0 aliphatic carbocycles. The van der Waals surface area contributed by atoms with Gasteiger partial charge in [0.2, 0.25) is 0 Å². The molecule has 1 heterocycles. The average molecular weight is 250 g/mol. The van der Waals surface area contributed by atoms with Crippen LogP contribution < -0.4 is 4.90 Å². The van der Waals surface area contributed by atoms with Gasteiger partial charge >= 0.3 is 0 Å². The molecule has 1 aromatic heterocycles. The summed E-state index contributed by atoms with van der Waals surface area (Å²) in [6, 6.07) is 6.11. The van der Waals surface area contributed by atoms with E-state index in [1.165, 1.54) is 0 Å². The molecule has 102 valence electrons. The molecule has 1 aromatic rings. The van der Waals surface area contributed by atoms with E-state index in [0.29, 0.717) is 0 Å². The van der Waals surface area contributed by atoms with Gasteiger partial charge in [0.15, 0.2) is 0 Å². The van der Waals surface area contributed by atoms with Crippen molar-refractivity contribution >= 4 is 5.82 Å². The Hall–Kier alpha value is -1.13. The molecule has 0 aliphatic heterocycles. The number of nitrogens with zero attached hydrogens (tertiary/aromatic N) is 4. The van der Waals surface area contributed by atoms with Crippen LogP contribution in [0.1, 0.15) is 6.42 Å². The van der Waals surface area contributed by atoms with Crippen LogP contribution in [0.4, 0.5) is 5.82 Å². The topological polar surface area (TPSA) is 22.6 Å². The molecule has 18 heavy (non-hydrogen) atoms. The lowest BCUT2D eigenvalue weighted by molar-refractivity contribution is 0.389. The Labute approximate surface area is 111 Å². The van der Waals surface area contributed by atoms with Crippen LogP contribution in [0.25, 0.3) is 0 Å². The number of anilines is 1. The summed E-state index contributed by atoms with van der Waals surface area (Å²) in [5.41, 5.74) is 0. The number of rotatable bonds is 8.